The fourth-order valence-electron chi connectivity index (χ4n) is 2.33. The van der Waals surface area contributed by atoms with Crippen LogP contribution in [0.2, 0.25) is 0 Å². The third-order valence-electron chi connectivity index (χ3n) is 3.30. The lowest BCUT2D eigenvalue weighted by Crippen LogP contribution is -2.39. The Balaban J connectivity index is 1.55. The number of anilines is 2. The summed E-state index contributed by atoms with van der Waals surface area (Å²) in [6.45, 7) is 2.20. The van der Waals surface area contributed by atoms with Crippen molar-refractivity contribution in [2.75, 3.05) is 23.3 Å². The molecule has 94 valence electrons. The van der Waals surface area contributed by atoms with Gasteiger partial charge in [-0.2, -0.15) is 0 Å². The highest BCUT2D eigenvalue weighted by Crippen LogP contribution is 2.22. The van der Waals surface area contributed by atoms with E-state index >= 15 is 0 Å². The Bertz CT molecular complexity index is 463. The van der Waals surface area contributed by atoms with Crippen LogP contribution in [0, 0.1) is 0 Å². The van der Waals surface area contributed by atoms with E-state index in [0.717, 1.165) is 31.1 Å². The maximum atomic E-state index is 4.03. The maximum Gasteiger partial charge on any atom is 0.205 e. The Labute approximate surface area is 111 Å². The van der Waals surface area contributed by atoms with E-state index in [4.69, 9.17) is 0 Å². The van der Waals surface area contributed by atoms with E-state index < -0.39 is 0 Å². The molecule has 1 N–H and O–H groups in total. The molecule has 3 rings (SSSR count). The molecule has 0 aliphatic carbocycles. The van der Waals surface area contributed by atoms with Gasteiger partial charge in [-0.3, -0.25) is 0 Å². The topological polar surface area (TPSA) is 41.0 Å². The lowest BCUT2D eigenvalue weighted by atomic mass is 10.0. The highest BCUT2D eigenvalue weighted by atomic mass is 32.1. The number of aromatic nitrogens is 2. The van der Waals surface area contributed by atoms with Crippen molar-refractivity contribution in [1.29, 1.82) is 0 Å². The van der Waals surface area contributed by atoms with Crippen LogP contribution in [0.15, 0.2) is 35.8 Å². The van der Waals surface area contributed by atoms with Crippen molar-refractivity contribution in [3.63, 3.8) is 0 Å². The molecule has 1 aromatic heterocycles. The van der Waals surface area contributed by atoms with Gasteiger partial charge < -0.3 is 10.2 Å². The van der Waals surface area contributed by atoms with Gasteiger partial charge in [0.05, 0.1) is 0 Å². The van der Waals surface area contributed by atoms with Crippen molar-refractivity contribution >= 4 is 22.2 Å². The number of hydrogen-bond acceptors (Lipinski definition) is 5. The number of nitrogens with zero attached hydrogens (tertiary/aromatic N) is 3. The summed E-state index contributed by atoms with van der Waals surface area (Å²) in [4.78, 5) is 2.44. The number of benzene rings is 1. The van der Waals surface area contributed by atoms with Gasteiger partial charge in [0.15, 0.2) is 0 Å². The summed E-state index contributed by atoms with van der Waals surface area (Å²) >= 11 is 1.57. The number of para-hydroxylation sites is 1. The molecule has 0 atom stereocenters. The van der Waals surface area contributed by atoms with E-state index in [-0.39, 0.29) is 0 Å². The smallest absolute Gasteiger partial charge is 0.205 e. The summed E-state index contributed by atoms with van der Waals surface area (Å²) in [5, 5.41) is 12.3. The number of nitrogens with one attached hydrogen (secondary N) is 1. The number of piperidine rings is 1. The Hall–Kier alpha value is -1.62. The molecule has 0 unspecified atom stereocenters. The molecule has 2 heterocycles. The second-order valence-electron chi connectivity index (χ2n) is 4.49. The van der Waals surface area contributed by atoms with Crippen LogP contribution in [0.1, 0.15) is 12.8 Å². The first-order valence-corrected chi connectivity index (χ1v) is 7.12. The molecule has 1 saturated heterocycles. The van der Waals surface area contributed by atoms with Crippen molar-refractivity contribution in [3.8, 4) is 0 Å². The minimum Gasteiger partial charge on any atom is -0.371 e. The third kappa shape index (κ3) is 2.61. The van der Waals surface area contributed by atoms with Gasteiger partial charge in [0.25, 0.3) is 0 Å². The summed E-state index contributed by atoms with van der Waals surface area (Å²) in [6, 6.07) is 11.1. The normalized spacial score (nSPS) is 16.8. The van der Waals surface area contributed by atoms with Gasteiger partial charge >= 0.3 is 0 Å². The Morgan fingerprint density at radius 2 is 1.94 bits per heavy atom. The fourth-order valence-corrected chi connectivity index (χ4v) is 2.85. The summed E-state index contributed by atoms with van der Waals surface area (Å²) in [5.74, 6) is 0. The molecule has 2 aromatic rings. The molecular formula is C13H16N4S. The molecule has 18 heavy (non-hydrogen) atoms. The van der Waals surface area contributed by atoms with Crippen LogP contribution in [0.3, 0.4) is 0 Å². The van der Waals surface area contributed by atoms with Crippen LogP contribution in [-0.2, 0) is 0 Å². The van der Waals surface area contributed by atoms with Crippen molar-refractivity contribution in [2.45, 2.75) is 18.9 Å². The minimum absolute atomic E-state index is 0.526. The second kappa shape index (κ2) is 5.35. The molecule has 0 radical (unpaired) electrons. The number of hydrogen-bond donors (Lipinski definition) is 1. The molecule has 5 heteroatoms. The molecule has 0 spiro atoms. The lowest BCUT2D eigenvalue weighted by molar-refractivity contribution is 0.526. The Morgan fingerprint density at radius 3 is 2.61 bits per heavy atom. The molecule has 1 aliphatic heterocycles. The SMILES string of the molecule is c1ccc(N2CCC(Nc3nncs3)CC2)cc1. The van der Waals surface area contributed by atoms with Crippen LogP contribution in [0.25, 0.3) is 0 Å². The average molecular weight is 260 g/mol. The standard InChI is InChI=1S/C13H16N4S/c1-2-4-12(5-3-1)17-8-6-11(7-9-17)15-13-16-14-10-18-13/h1-5,10-11H,6-9H2,(H,15,16). The summed E-state index contributed by atoms with van der Waals surface area (Å²) in [7, 11) is 0. The highest BCUT2D eigenvalue weighted by molar-refractivity contribution is 7.13. The molecule has 4 nitrogen and oxygen atoms in total. The van der Waals surface area contributed by atoms with Gasteiger partial charge in [-0.05, 0) is 25.0 Å². The van der Waals surface area contributed by atoms with Gasteiger partial charge in [-0.1, -0.05) is 29.5 Å². The van der Waals surface area contributed by atoms with E-state index in [9.17, 15) is 0 Å². The van der Waals surface area contributed by atoms with Gasteiger partial charge in [-0.25, -0.2) is 0 Å². The van der Waals surface area contributed by atoms with E-state index in [2.05, 4.69) is 50.7 Å². The first kappa shape index (κ1) is 11.5. The van der Waals surface area contributed by atoms with Crippen LogP contribution in [-0.4, -0.2) is 29.3 Å². The van der Waals surface area contributed by atoms with Crippen LogP contribution < -0.4 is 10.2 Å². The largest absolute Gasteiger partial charge is 0.371 e. The predicted molar refractivity (Wildman–Crippen MR) is 75.2 cm³/mol. The van der Waals surface area contributed by atoms with Gasteiger partial charge in [0.1, 0.15) is 5.51 Å². The van der Waals surface area contributed by atoms with Crippen molar-refractivity contribution in [1.82, 2.24) is 10.2 Å². The molecular weight excluding hydrogens is 244 g/mol. The number of rotatable bonds is 3. The summed E-state index contributed by atoms with van der Waals surface area (Å²) < 4.78 is 0. The Morgan fingerprint density at radius 1 is 1.17 bits per heavy atom. The van der Waals surface area contributed by atoms with Crippen LogP contribution in [0.4, 0.5) is 10.8 Å². The molecule has 0 amide bonds. The van der Waals surface area contributed by atoms with Crippen molar-refractivity contribution < 1.29 is 0 Å². The fraction of sp³-hybridized carbons (Fsp3) is 0.385. The minimum atomic E-state index is 0.526. The van der Waals surface area contributed by atoms with E-state index in [1.165, 1.54) is 5.69 Å². The highest BCUT2D eigenvalue weighted by Gasteiger charge is 2.19. The second-order valence-corrected chi connectivity index (χ2v) is 5.32. The van der Waals surface area contributed by atoms with Crippen molar-refractivity contribution in [3.05, 3.63) is 35.8 Å². The van der Waals surface area contributed by atoms with Crippen molar-refractivity contribution in [2.24, 2.45) is 0 Å². The van der Waals surface area contributed by atoms with Crippen LogP contribution in [0.5, 0.6) is 0 Å². The molecule has 0 bridgehead atoms. The van der Waals surface area contributed by atoms with Crippen LogP contribution >= 0.6 is 11.3 Å². The van der Waals surface area contributed by atoms with Gasteiger partial charge in [0.2, 0.25) is 5.13 Å². The third-order valence-corrected chi connectivity index (χ3v) is 3.93. The zero-order valence-corrected chi connectivity index (χ0v) is 10.9. The zero-order valence-electron chi connectivity index (χ0n) is 10.1. The first-order chi connectivity index (χ1) is 8.92. The monoisotopic (exact) mass is 260 g/mol. The van der Waals surface area contributed by atoms with E-state index in [1.54, 1.807) is 16.8 Å². The van der Waals surface area contributed by atoms with Gasteiger partial charge in [-0.15, -0.1) is 10.2 Å². The predicted octanol–water partition coefficient (Wildman–Crippen LogP) is 2.62. The van der Waals surface area contributed by atoms with E-state index in [1.807, 2.05) is 0 Å². The zero-order chi connectivity index (χ0) is 12.2. The molecule has 1 aromatic carbocycles. The molecule has 0 saturated carbocycles. The Kier molecular flexibility index (Phi) is 3.41. The first-order valence-electron chi connectivity index (χ1n) is 6.24. The van der Waals surface area contributed by atoms with E-state index in [0.29, 0.717) is 6.04 Å². The quantitative estimate of drug-likeness (QED) is 0.921. The van der Waals surface area contributed by atoms with Gasteiger partial charge in [0, 0.05) is 24.8 Å². The summed E-state index contributed by atoms with van der Waals surface area (Å²) in [6.07, 6.45) is 2.29. The lowest BCUT2D eigenvalue weighted by Gasteiger charge is -2.33. The summed E-state index contributed by atoms with van der Waals surface area (Å²) in [5.41, 5.74) is 3.09. The average Bonchev–Trinajstić information content (AvgIpc) is 2.94. The molecule has 1 aliphatic rings. The maximum absolute atomic E-state index is 4.03. The molecule has 1 fully saturated rings.